The molecule has 140 valence electrons. The van der Waals surface area contributed by atoms with E-state index in [9.17, 15) is 9.18 Å². The van der Waals surface area contributed by atoms with Gasteiger partial charge in [-0.25, -0.2) is 4.39 Å². The van der Waals surface area contributed by atoms with Crippen LogP contribution in [0.1, 0.15) is 11.3 Å². The van der Waals surface area contributed by atoms with E-state index < -0.39 is 0 Å². The van der Waals surface area contributed by atoms with Gasteiger partial charge in [-0.2, -0.15) is 0 Å². The SMILES string of the molecule is COc1cc(/C=C/C(=O)NCCn2c(C)cc3cc(F)ccc32)ccc1Cl. The molecule has 0 aliphatic heterocycles. The van der Waals surface area contributed by atoms with Crippen molar-refractivity contribution in [2.24, 2.45) is 0 Å². The van der Waals surface area contributed by atoms with Crippen molar-refractivity contribution in [1.29, 1.82) is 0 Å². The summed E-state index contributed by atoms with van der Waals surface area (Å²) in [5, 5.41) is 4.23. The van der Waals surface area contributed by atoms with Gasteiger partial charge in [-0.1, -0.05) is 17.7 Å². The molecule has 0 spiro atoms. The Hall–Kier alpha value is -2.79. The summed E-state index contributed by atoms with van der Waals surface area (Å²) in [4.78, 5) is 12.0. The average molecular weight is 387 g/mol. The molecule has 0 bridgehead atoms. The van der Waals surface area contributed by atoms with Gasteiger partial charge in [0.05, 0.1) is 12.1 Å². The molecule has 1 aromatic heterocycles. The minimum Gasteiger partial charge on any atom is -0.495 e. The van der Waals surface area contributed by atoms with Gasteiger partial charge in [0.2, 0.25) is 5.91 Å². The Morgan fingerprint density at radius 1 is 1.26 bits per heavy atom. The van der Waals surface area contributed by atoms with Crippen LogP contribution in [0.5, 0.6) is 5.75 Å². The quantitative estimate of drug-likeness (QED) is 0.630. The Kier molecular flexibility index (Phi) is 5.81. The maximum Gasteiger partial charge on any atom is 0.244 e. The number of methoxy groups -OCH3 is 1. The second kappa shape index (κ2) is 8.27. The largest absolute Gasteiger partial charge is 0.495 e. The summed E-state index contributed by atoms with van der Waals surface area (Å²) in [6.45, 7) is 3.04. The van der Waals surface area contributed by atoms with Crippen molar-refractivity contribution in [3.8, 4) is 5.75 Å². The number of carbonyl (C=O) groups is 1. The number of aryl methyl sites for hydroxylation is 1. The molecule has 4 nitrogen and oxygen atoms in total. The van der Waals surface area contributed by atoms with Gasteiger partial charge in [0.15, 0.2) is 0 Å². The van der Waals surface area contributed by atoms with E-state index >= 15 is 0 Å². The number of nitrogens with zero attached hydrogens (tertiary/aromatic N) is 1. The van der Waals surface area contributed by atoms with Gasteiger partial charge in [-0.3, -0.25) is 4.79 Å². The van der Waals surface area contributed by atoms with Crippen LogP contribution >= 0.6 is 11.6 Å². The number of hydrogen-bond acceptors (Lipinski definition) is 2. The normalized spacial score (nSPS) is 11.3. The Balaban J connectivity index is 1.59. The summed E-state index contributed by atoms with van der Waals surface area (Å²) >= 11 is 5.99. The van der Waals surface area contributed by atoms with Crippen molar-refractivity contribution < 1.29 is 13.9 Å². The molecule has 0 atom stereocenters. The number of fused-ring (bicyclic) bond motifs is 1. The molecule has 0 unspecified atom stereocenters. The highest BCUT2D eigenvalue weighted by Gasteiger charge is 2.07. The Morgan fingerprint density at radius 3 is 2.85 bits per heavy atom. The Morgan fingerprint density at radius 2 is 2.07 bits per heavy atom. The number of rotatable bonds is 6. The molecule has 3 rings (SSSR count). The first-order valence-electron chi connectivity index (χ1n) is 8.53. The highest BCUT2D eigenvalue weighted by atomic mass is 35.5. The zero-order valence-electron chi connectivity index (χ0n) is 15.1. The van der Waals surface area contributed by atoms with E-state index in [2.05, 4.69) is 9.88 Å². The fourth-order valence-corrected chi connectivity index (χ4v) is 3.17. The number of ether oxygens (including phenoxy) is 1. The minimum absolute atomic E-state index is 0.191. The molecule has 0 aliphatic carbocycles. The van der Waals surface area contributed by atoms with Crippen molar-refractivity contribution >= 4 is 34.5 Å². The molecule has 1 heterocycles. The molecule has 27 heavy (non-hydrogen) atoms. The van der Waals surface area contributed by atoms with Crippen molar-refractivity contribution in [1.82, 2.24) is 9.88 Å². The van der Waals surface area contributed by atoms with Crippen LogP contribution in [0, 0.1) is 12.7 Å². The van der Waals surface area contributed by atoms with Crippen LogP contribution in [0.25, 0.3) is 17.0 Å². The number of nitrogens with one attached hydrogen (secondary N) is 1. The van der Waals surface area contributed by atoms with Crippen LogP contribution in [-0.4, -0.2) is 24.1 Å². The maximum absolute atomic E-state index is 13.3. The lowest BCUT2D eigenvalue weighted by atomic mass is 10.2. The number of carbonyl (C=O) groups excluding carboxylic acids is 1. The molecule has 3 aromatic rings. The maximum atomic E-state index is 13.3. The van der Waals surface area contributed by atoms with Crippen LogP contribution in [0.4, 0.5) is 4.39 Å². The van der Waals surface area contributed by atoms with Crippen molar-refractivity contribution in [3.05, 3.63) is 70.6 Å². The van der Waals surface area contributed by atoms with E-state index in [1.165, 1.54) is 18.2 Å². The van der Waals surface area contributed by atoms with Gasteiger partial charge in [-0.05, 0) is 55.0 Å². The monoisotopic (exact) mass is 386 g/mol. The lowest BCUT2D eigenvalue weighted by Gasteiger charge is -2.09. The van der Waals surface area contributed by atoms with E-state index in [0.717, 1.165) is 22.2 Å². The molecule has 0 aliphatic rings. The van der Waals surface area contributed by atoms with E-state index in [4.69, 9.17) is 16.3 Å². The first-order chi connectivity index (χ1) is 13.0. The predicted molar refractivity (Wildman–Crippen MR) is 107 cm³/mol. The molecule has 1 N–H and O–H groups in total. The lowest BCUT2D eigenvalue weighted by Crippen LogP contribution is -2.25. The topological polar surface area (TPSA) is 43.3 Å². The third-order valence-corrected chi connectivity index (χ3v) is 4.62. The molecule has 0 saturated carbocycles. The number of hydrogen-bond donors (Lipinski definition) is 1. The molecule has 0 fully saturated rings. The Bertz CT molecular complexity index is 1010. The highest BCUT2D eigenvalue weighted by Crippen LogP contribution is 2.25. The van der Waals surface area contributed by atoms with Crippen molar-refractivity contribution in [2.45, 2.75) is 13.5 Å². The molecule has 0 saturated heterocycles. The summed E-state index contributed by atoms with van der Waals surface area (Å²) in [5.41, 5.74) is 2.79. The summed E-state index contributed by atoms with van der Waals surface area (Å²) < 4.78 is 20.6. The van der Waals surface area contributed by atoms with Crippen LogP contribution in [0.15, 0.2) is 48.5 Å². The smallest absolute Gasteiger partial charge is 0.244 e. The molecular weight excluding hydrogens is 367 g/mol. The summed E-state index contributed by atoms with van der Waals surface area (Å²) in [6.07, 6.45) is 3.17. The van der Waals surface area contributed by atoms with E-state index in [1.54, 1.807) is 31.4 Å². The van der Waals surface area contributed by atoms with Gasteiger partial charge in [0.1, 0.15) is 11.6 Å². The third kappa shape index (κ3) is 4.49. The third-order valence-electron chi connectivity index (χ3n) is 4.31. The number of benzene rings is 2. The molecule has 1 amide bonds. The number of halogens is 2. The highest BCUT2D eigenvalue weighted by molar-refractivity contribution is 6.32. The van der Waals surface area contributed by atoms with E-state index in [0.29, 0.717) is 23.9 Å². The van der Waals surface area contributed by atoms with Crippen molar-refractivity contribution in [2.75, 3.05) is 13.7 Å². The summed E-state index contributed by atoms with van der Waals surface area (Å²) in [6, 6.07) is 12.0. The van der Waals surface area contributed by atoms with E-state index in [-0.39, 0.29) is 11.7 Å². The van der Waals surface area contributed by atoms with Gasteiger partial charge in [0, 0.05) is 35.8 Å². The summed E-state index contributed by atoms with van der Waals surface area (Å²) in [5.74, 6) is 0.117. The average Bonchev–Trinajstić information content (AvgIpc) is 2.95. The van der Waals surface area contributed by atoms with Crippen LogP contribution in [-0.2, 0) is 11.3 Å². The van der Waals surface area contributed by atoms with Crippen LogP contribution < -0.4 is 10.1 Å². The first-order valence-corrected chi connectivity index (χ1v) is 8.90. The second-order valence-corrected chi connectivity index (χ2v) is 6.57. The number of aromatic nitrogens is 1. The van der Waals surface area contributed by atoms with E-state index in [1.807, 2.05) is 19.1 Å². The standard InChI is InChI=1S/C21H20ClFN2O2/c1-14-11-16-13-17(23)5-7-19(16)25(14)10-9-24-21(26)8-4-15-3-6-18(22)20(12-15)27-2/h3-8,11-13H,9-10H2,1-2H3,(H,24,26)/b8-4+. The fourth-order valence-electron chi connectivity index (χ4n) is 2.98. The molecular formula is C21H20ClFN2O2. The van der Waals surface area contributed by atoms with Gasteiger partial charge in [0.25, 0.3) is 0 Å². The zero-order valence-corrected chi connectivity index (χ0v) is 15.9. The molecule has 6 heteroatoms. The number of amides is 1. The zero-order chi connectivity index (χ0) is 19.4. The predicted octanol–water partition coefficient (Wildman–Crippen LogP) is 4.58. The van der Waals surface area contributed by atoms with Crippen LogP contribution in [0.3, 0.4) is 0 Å². The van der Waals surface area contributed by atoms with Gasteiger partial charge in [-0.15, -0.1) is 0 Å². The minimum atomic E-state index is -0.253. The van der Waals surface area contributed by atoms with Crippen LogP contribution in [0.2, 0.25) is 5.02 Å². The summed E-state index contributed by atoms with van der Waals surface area (Å²) in [7, 11) is 1.54. The lowest BCUT2D eigenvalue weighted by molar-refractivity contribution is -0.116. The molecule has 0 radical (unpaired) electrons. The van der Waals surface area contributed by atoms with Crippen molar-refractivity contribution in [3.63, 3.8) is 0 Å². The first kappa shape index (κ1) is 19.0. The van der Waals surface area contributed by atoms with Gasteiger partial charge >= 0.3 is 0 Å². The Labute approximate surface area is 162 Å². The second-order valence-electron chi connectivity index (χ2n) is 6.16. The fraction of sp³-hybridized carbons (Fsp3) is 0.190. The molecule has 2 aromatic carbocycles. The van der Waals surface area contributed by atoms with Gasteiger partial charge < -0.3 is 14.6 Å².